The lowest BCUT2D eigenvalue weighted by molar-refractivity contribution is -0.385. The highest BCUT2D eigenvalue weighted by molar-refractivity contribution is 5.97. The average Bonchev–Trinajstić information content (AvgIpc) is 3.31. The molecule has 0 spiro atoms. The molecule has 1 aliphatic rings. The molecular weight excluding hydrogens is 817 g/mol. The van der Waals surface area contributed by atoms with Gasteiger partial charge in [0.25, 0.3) is 11.8 Å². The van der Waals surface area contributed by atoms with Crippen LogP contribution in [0.4, 0.5) is 0 Å². The minimum Gasteiger partial charge on any atom is -0.479 e. The summed E-state index contributed by atoms with van der Waals surface area (Å²) in [5.74, 6) is -7.64. The molecule has 0 saturated carbocycles. The van der Waals surface area contributed by atoms with Crippen molar-refractivity contribution in [3.63, 3.8) is 0 Å². The molecule has 1 heterocycles. The minimum absolute atomic E-state index is 0.0132. The van der Waals surface area contributed by atoms with E-state index < -0.39 is 72.2 Å². The Morgan fingerprint density at radius 2 is 0.984 bits per heavy atom. The van der Waals surface area contributed by atoms with Gasteiger partial charge in [0.05, 0.1) is 23.2 Å². The van der Waals surface area contributed by atoms with Crippen molar-refractivity contribution in [1.29, 1.82) is 0 Å². The van der Waals surface area contributed by atoms with Crippen LogP contribution in [0, 0.1) is 0 Å². The van der Waals surface area contributed by atoms with Gasteiger partial charge in [0, 0.05) is 6.54 Å². The number of hydrogen-bond donors (Lipinski definition) is 3. The maximum atomic E-state index is 14.9. The highest BCUT2D eigenvalue weighted by Crippen LogP contribution is 2.33. The quantitative estimate of drug-likeness (QED) is 0.0502. The van der Waals surface area contributed by atoms with E-state index in [9.17, 15) is 39.0 Å². The van der Waals surface area contributed by atoms with Gasteiger partial charge in [-0.2, -0.15) is 0 Å². The van der Waals surface area contributed by atoms with Crippen molar-refractivity contribution in [1.82, 2.24) is 10.2 Å². The Balaban J connectivity index is 1.31. The monoisotopic (exact) mass is 860 g/mol. The third-order valence-corrected chi connectivity index (χ3v) is 9.89. The summed E-state index contributed by atoms with van der Waals surface area (Å²) in [7, 11) is 0. The second-order valence-corrected chi connectivity index (χ2v) is 14.2. The number of hydrogen-bond acceptors (Lipinski definition) is 12. The zero-order valence-corrected chi connectivity index (χ0v) is 33.7. The number of carboxylic acid groups (broad SMARTS) is 2. The maximum absolute atomic E-state index is 14.9. The number of benzene rings is 5. The van der Waals surface area contributed by atoms with E-state index in [0.717, 1.165) is 0 Å². The van der Waals surface area contributed by atoms with Crippen LogP contribution >= 0.6 is 0 Å². The van der Waals surface area contributed by atoms with Gasteiger partial charge in [-0.3, -0.25) is 9.59 Å². The molecular formula is C47H44N2O14. The summed E-state index contributed by atoms with van der Waals surface area (Å²) < 4.78 is 11.1. The lowest BCUT2D eigenvalue weighted by Gasteiger charge is -2.43. The molecule has 5 aromatic rings. The fourth-order valence-corrected chi connectivity index (χ4v) is 6.84. The molecule has 4 unspecified atom stereocenters. The molecule has 0 aliphatic carbocycles. The van der Waals surface area contributed by atoms with Gasteiger partial charge < -0.3 is 29.9 Å². The fourth-order valence-electron chi connectivity index (χ4n) is 6.84. The molecule has 63 heavy (non-hydrogen) atoms. The normalized spacial score (nSPS) is 16.7. The van der Waals surface area contributed by atoms with Crippen LogP contribution in [0.25, 0.3) is 0 Å². The van der Waals surface area contributed by atoms with Gasteiger partial charge in [0.15, 0.2) is 0 Å². The predicted octanol–water partition coefficient (Wildman–Crippen LogP) is 5.49. The lowest BCUT2D eigenvalue weighted by Crippen LogP contribution is -2.59. The molecule has 16 heteroatoms. The number of rotatable bonds is 20. The molecule has 3 N–H and O–H groups in total. The van der Waals surface area contributed by atoms with Gasteiger partial charge >= 0.3 is 23.9 Å². The van der Waals surface area contributed by atoms with Crippen molar-refractivity contribution in [2.24, 2.45) is 0 Å². The van der Waals surface area contributed by atoms with Gasteiger partial charge in [-0.25, -0.2) is 38.7 Å². The molecule has 0 bridgehead atoms. The third kappa shape index (κ3) is 12.4. The summed E-state index contributed by atoms with van der Waals surface area (Å²) in [6.07, 6.45) is -8.17. The Kier molecular flexibility index (Phi) is 16.2. The first-order valence-corrected chi connectivity index (χ1v) is 19.9. The fraction of sp³-hybridized carbons (Fsp3) is 0.234. The number of nitrogens with zero attached hydrogens (tertiary/aromatic N) is 1. The van der Waals surface area contributed by atoms with E-state index in [2.05, 4.69) is 5.32 Å². The van der Waals surface area contributed by atoms with Crippen LogP contribution < -0.4 is 5.32 Å². The number of nitrogens with one attached hydrogen (secondary N) is 1. The highest BCUT2D eigenvalue weighted by atomic mass is 17.2. The summed E-state index contributed by atoms with van der Waals surface area (Å²) in [5, 5.41) is 23.6. The first kappa shape index (κ1) is 45.3. The standard InChI is InChI=1S/C47H44N2O14/c50-42(38(62-58-29-31-17-6-1-7-18-31)41(45(54)55)63-59-30-32-19-8-2-9-20-32)48-36-27-16-28-49(37(36)33-21-10-3-11-22-33)43(51)39(60-46(56)34-23-12-4-13-24-34)40(44(52)53)61-47(57)35-25-14-5-15-26-35/h1-15,17-26,36-41H,16,27-30H2,(H,48,50)(H,52,53)(H,54,55)/t36?,37?,38-,39?,40?,41+/m1/s1. The van der Waals surface area contributed by atoms with Gasteiger partial charge in [-0.1, -0.05) is 127 Å². The van der Waals surface area contributed by atoms with Crippen molar-refractivity contribution >= 4 is 35.7 Å². The Bertz CT molecular complexity index is 2280. The summed E-state index contributed by atoms with van der Waals surface area (Å²) in [5.41, 5.74) is 1.72. The Morgan fingerprint density at radius 1 is 0.556 bits per heavy atom. The topological polar surface area (TPSA) is 214 Å². The van der Waals surface area contributed by atoms with E-state index in [1.54, 1.807) is 115 Å². The number of aliphatic carboxylic acids is 2. The Labute approximate surface area is 361 Å². The van der Waals surface area contributed by atoms with Crippen LogP contribution in [-0.4, -0.2) is 87.8 Å². The summed E-state index contributed by atoms with van der Waals surface area (Å²) in [6.45, 7) is -0.381. The van der Waals surface area contributed by atoms with E-state index in [-0.39, 0.29) is 43.7 Å². The van der Waals surface area contributed by atoms with Crippen LogP contribution in [0.15, 0.2) is 152 Å². The minimum atomic E-state index is -2.33. The second-order valence-electron chi connectivity index (χ2n) is 14.2. The summed E-state index contributed by atoms with van der Waals surface area (Å²) in [6, 6.07) is 38.8. The molecule has 1 saturated heterocycles. The lowest BCUT2D eigenvalue weighted by atomic mass is 9.89. The van der Waals surface area contributed by atoms with Crippen LogP contribution in [0.3, 0.4) is 0 Å². The number of carboxylic acids is 2. The van der Waals surface area contributed by atoms with Crippen molar-refractivity contribution in [3.8, 4) is 0 Å². The number of likely N-dealkylation sites (tertiary alicyclic amines) is 1. The van der Waals surface area contributed by atoms with Gasteiger partial charge in [0.2, 0.25) is 24.4 Å². The van der Waals surface area contributed by atoms with Crippen LogP contribution in [0.2, 0.25) is 0 Å². The number of esters is 2. The molecule has 0 radical (unpaired) electrons. The van der Waals surface area contributed by atoms with Crippen LogP contribution in [0.5, 0.6) is 0 Å². The SMILES string of the molecule is O=C(OC(C(=O)O)C(OC(=O)c1ccccc1)C(=O)N1CCCC(NC(=O)[C@H](OOCc2ccccc2)[C@H](OOCc2ccccc2)C(=O)O)C1c1ccccc1)c1ccccc1. The smallest absolute Gasteiger partial charge is 0.349 e. The van der Waals surface area contributed by atoms with E-state index in [0.29, 0.717) is 16.7 Å². The highest BCUT2D eigenvalue weighted by Gasteiger charge is 2.48. The molecule has 1 aliphatic heterocycles. The van der Waals surface area contributed by atoms with Crippen LogP contribution in [-0.2, 0) is 61.4 Å². The molecule has 1 fully saturated rings. The second kappa shape index (κ2) is 22.6. The zero-order valence-electron chi connectivity index (χ0n) is 33.7. The third-order valence-electron chi connectivity index (χ3n) is 9.89. The predicted molar refractivity (Wildman–Crippen MR) is 221 cm³/mol. The Morgan fingerprint density at radius 3 is 1.46 bits per heavy atom. The van der Waals surface area contributed by atoms with Gasteiger partial charge in [-0.05, 0) is 53.8 Å². The molecule has 0 aromatic heterocycles. The molecule has 6 atom stereocenters. The molecule has 6 rings (SSSR count). The van der Waals surface area contributed by atoms with Crippen molar-refractivity contribution in [2.45, 2.75) is 62.6 Å². The first-order chi connectivity index (χ1) is 30.6. The zero-order chi connectivity index (χ0) is 44.6. The first-order valence-electron chi connectivity index (χ1n) is 19.9. The molecule has 326 valence electrons. The number of piperidine rings is 1. The number of amides is 2. The summed E-state index contributed by atoms with van der Waals surface area (Å²) >= 11 is 0. The van der Waals surface area contributed by atoms with Gasteiger partial charge in [0.1, 0.15) is 13.2 Å². The average molecular weight is 861 g/mol. The molecule has 2 amide bonds. The van der Waals surface area contributed by atoms with Crippen LogP contribution in [0.1, 0.15) is 56.3 Å². The van der Waals surface area contributed by atoms with E-state index >= 15 is 0 Å². The van der Waals surface area contributed by atoms with Crippen molar-refractivity contribution in [2.75, 3.05) is 6.54 Å². The Hall–Kier alpha value is -7.24. The van der Waals surface area contributed by atoms with E-state index in [4.69, 9.17) is 29.0 Å². The molecule has 5 aromatic carbocycles. The number of ether oxygens (including phenoxy) is 2. The largest absolute Gasteiger partial charge is 0.479 e. The van der Waals surface area contributed by atoms with E-state index in [1.807, 2.05) is 0 Å². The maximum Gasteiger partial charge on any atom is 0.349 e. The van der Waals surface area contributed by atoms with Crippen molar-refractivity contribution < 1.29 is 68.0 Å². The van der Waals surface area contributed by atoms with Crippen molar-refractivity contribution in [3.05, 3.63) is 179 Å². The number of carbonyl (C=O) groups is 6. The van der Waals surface area contributed by atoms with E-state index in [1.165, 1.54) is 41.3 Å². The summed E-state index contributed by atoms with van der Waals surface area (Å²) in [4.78, 5) is 104. The number of carbonyl (C=O) groups excluding carboxylic acids is 4. The molecule has 16 nitrogen and oxygen atoms in total. The van der Waals surface area contributed by atoms with Gasteiger partial charge in [-0.15, -0.1) is 0 Å².